The fourth-order valence-corrected chi connectivity index (χ4v) is 9.71. The summed E-state index contributed by atoms with van der Waals surface area (Å²) in [7, 11) is 0.385. The summed E-state index contributed by atoms with van der Waals surface area (Å²) >= 11 is 4.97. The summed E-state index contributed by atoms with van der Waals surface area (Å²) in [6, 6.07) is 0. The summed E-state index contributed by atoms with van der Waals surface area (Å²) in [6.07, 6.45) is 23.6. The molecule has 3 radical (unpaired) electrons. The van der Waals surface area contributed by atoms with Crippen LogP contribution < -0.4 is 12.4 Å². The van der Waals surface area contributed by atoms with Crippen LogP contribution in [0.3, 0.4) is 0 Å². The molecule has 4 heteroatoms. The van der Waals surface area contributed by atoms with Gasteiger partial charge in [0.2, 0.25) is 0 Å². The topological polar surface area (TPSA) is 0 Å². The molecular formula is C21H37Cl2PPd+. The molecule has 0 atom stereocenters. The predicted octanol–water partition coefficient (Wildman–Crippen LogP) is 4.89. The number of rotatable bonds is 3. The van der Waals surface area contributed by atoms with Crippen LogP contribution in [0.2, 0.25) is 0 Å². The summed E-state index contributed by atoms with van der Waals surface area (Å²) in [4.78, 5) is 0. The minimum absolute atomic E-state index is 0. The molecule has 0 bridgehead atoms. The minimum Gasteiger partial charge on any atom is -1.00 e. The largest absolute Gasteiger partial charge is 2.00 e. The third kappa shape index (κ3) is 10.1. The van der Waals surface area contributed by atoms with Crippen molar-refractivity contribution >= 4 is 19.5 Å². The van der Waals surface area contributed by atoms with Gasteiger partial charge < -0.3 is 12.4 Å². The fourth-order valence-electron chi connectivity index (χ4n) is 5.03. The molecule has 0 aromatic rings. The summed E-state index contributed by atoms with van der Waals surface area (Å²) in [5, 5.41) is 0.389. The van der Waals surface area contributed by atoms with Crippen LogP contribution in [-0.4, -0.2) is 17.0 Å². The first-order chi connectivity index (χ1) is 11.2. The standard InChI is InChI=1S/C18H33P.C3H4Cl.ClH.Pd/c1-4-10-16(11-5-1)19(17-12-6-2-7-13-17)18-14-8-3-9-15-18;1-3(2)4;;/h16-18H,1-15H2;1-2H2;1H;/q;;;+2/p-1. The summed E-state index contributed by atoms with van der Waals surface area (Å²) < 4.78 is 0. The molecule has 0 spiro atoms. The van der Waals surface area contributed by atoms with E-state index in [4.69, 9.17) is 11.6 Å². The van der Waals surface area contributed by atoms with Crippen LogP contribution in [0.15, 0.2) is 0 Å². The molecule has 0 aliphatic heterocycles. The van der Waals surface area contributed by atoms with Gasteiger partial charge >= 0.3 is 20.4 Å². The Morgan fingerprint density at radius 3 is 1.00 bits per heavy atom. The molecule has 3 aliphatic carbocycles. The van der Waals surface area contributed by atoms with Crippen molar-refractivity contribution in [3.8, 4) is 0 Å². The van der Waals surface area contributed by atoms with Crippen molar-refractivity contribution in [2.24, 2.45) is 0 Å². The summed E-state index contributed by atoms with van der Waals surface area (Å²) in [5.74, 6) is 0. The Balaban J connectivity index is 0.000000874. The zero-order valence-electron chi connectivity index (χ0n) is 15.8. The molecule has 3 fully saturated rings. The van der Waals surface area contributed by atoms with Crippen LogP contribution >= 0.6 is 19.5 Å². The molecule has 3 saturated carbocycles. The molecule has 25 heavy (non-hydrogen) atoms. The van der Waals surface area contributed by atoms with E-state index >= 15 is 0 Å². The average molecular weight is 498 g/mol. The smallest absolute Gasteiger partial charge is 1.00 e. The van der Waals surface area contributed by atoms with Gasteiger partial charge in [-0.05, 0) is 69.3 Å². The molecule has 0 heterocycles. The van der Waals surface area contributed by atoms with Crippen LogP contribution in [-0.2, 0) is 20.4 Å². The number of hydrogen-bond acceptors (Lipinski definition) is 0. The Morgan fingerprint density at radius 2 is 0.800 bits per heavy atom. The van der Waals surface area contributed by atoms with E-state index in [9.17, 15) is 0 Å². The molecule has 0 aromatic heterocycles. The van der Waals surface area contributed by atoms with Crippen molar-refractivity contribution in [2.75, 3.05) is 0 Å². The Kier molecular flexibility index (Phi) is 16.6. The summed E-state index contributed by atoms with van der Waals surface area (Å²) in [5.41, 5.74) is 3.57. The van der Waals surface area contributed by atoms with E-state index < -0.39 is 0 Å². The van der Waals surface area contributed by atoms with Crippen molar-refractivity contribution in [1.82, 2.24) is 0 Å². The molecule has 0 unspecified atom stereocenters. The number of hydrogen-bond donors (Lipinski definition) is 0. The van der Waals surface area contributed by atoms with Crippen LogP contribution in [0.4, 0.5) is 0 Å². The van der Waals surface area contributed by atoms with Crippen molar-refractivity contribution in [2.45, 2.75) is 113 Å². The molecule has 149 valence electrons. The van der Waals surface area contributed by atoms with Gasteiger partial charge in [0.05, 0.1) is 5.38 Å². The Hall–Kier alpha value is 1.67. The molecule has 0 saturated heterocycles. The SMILES string of the molecule is C1CCC(P(C2CCCCC2)C2CCCCC2)CC1.[CH2][C]([CH2])Cl.[Cl-].[Pd+2]. The van der Waals surface area contributed by atoms with E-state index in [-0.39, 0.29) is 32.8 Å². The first-order valence-corrected chi connectivity index (χ1v) is 12.0. The molecule has 0 nitrogen and oxygen atoms in total. The van der Waals surface area contributed by atoms with Gasteiger partial charge in [-0.2, -0.15) is 0 Å². The van der Waals surface area contributed by atoms with Gasteiger partial charge in [0.1, 0.15) is 0 Å². The zero-order valence-corrected chi connectivity index (χ0v) is 19.7. The van der Waals surface area contributed by atoms with Crippen molar-refractivity contribution in [3.05, 3.63) is 19.2 Å². The van der Waals surface area contributed by atoms with E-state index in [1.165, 1.54) is 36.2 Å². The molecular weight excluding hydrogens is 461 g/mol. The van der Waals surface area contributed by atoms with Gasteiger partial charge in [-0.15, -0.1) is 11.6 Å². The fraction of sp³-hybridized carbons (Fsp3) is 0.857. The van der Waals surface area contributed by atoms with Crippen LogP contribution in [0.25, 0.3) is 0 Å². The third-order valence-corrected chi connectivity index (χ3v) is 10.1. The molecule has 0 amide bonds. The molecule has 0 aromatic carbocycles. The third-order valence-electron chi connectivity index (χ3n) is 5.99. The monoisotopic (exact) mass is 496 g/mol. The zero-order chi connectivity index (χ0) is 16.5. The maximum atomic E-state index is 4.97. The second-order valence-electron chi connectivity index (χ2n) is 7.84. The van der Waals surface area contributed by atoms with E-state index in [2.05, 4.69) is 13.8 Å². The van der Waals surface area contributed by atoms with E-state index in [0.717, 1.165) is 0 Å². The first-order valence-electron chi connectivity index (χ1n) is 10.1. The number of halogens is 2. The predicted molar refractivity (Wildman–Crippen MR) is 107 cm³/mol. The van der Waals surface area contributed by atoms with E-state index in [1.807, 2.05) is 0 Å². The van der Waals surface area contributed by atoms with E-state index in [0.29, 0.717) is 13.3 Å². The van der Waals surface area contributed by atoms with E-state index in [1.54, 1.807) is 77.0 Å². The van der Waals surface area contributed by atoms with Crippen molar-refractivity contribution in [1.29, 1.82) is 0 Å². The molecule has 3 aliphatic rings. The van der Waals surface area contributed by atoms with Gasteiger partial charge in [0.15, 0.2) is 0 Å². The van der Waals surface area contributed by atoms with Crippen LogP contribution in [0, 0.1) is 19.2 Å². The second kappa shape index (κ2) is 15.6. The molecule has 3 rings (SSSR count). The maximum absolute atomic E-state index is 4.97. The Morgan fingerprint density at radius 1 is 0.600 bits per heavy atom. The van der Waals surface area contributed by atoms with Gasteiger partial charge in [-0.1, -0.05) is 65.7 Å². The van der Waals surface area contributed by atoms with Crippen LogP contribution in [0.5, 0.6) is 0 Å². The quantitative estimate of drug-likeness (QED) is 0.385. The van der Waals surface area contributed by atoms with Crippen LogP contribution in [0.1, 0.15) is 96.3 Å². The molecule has 0 N–H and O–H groups in total. The summed E-state index contributed by atoms with van der Waals surface area (Å²) in [6.45, 7) is 6.42. The van der Waals surface area contributed by atoms with Crippen molar-refractivity contribution < 1.29 is 32.8 Å². The first kappa shape index (κ1) is 26.7. The van der Waals surface area contributed by atoms with Crippen molar-refractivity contribution in [3.63, 3.8) is 0 Å². The Labute approximate surface area is 184 Å². The average Bonchev–Trinajstić information content (AvgIpc) is 2.58. The van der Waals surface area contributed by atoms with Gasteiger partial charge in [-0.3, -0.25) is 0 Å². The van der Waals surface area contributed by atoms with Gasteiger partial charge in [0.25, 0.3) is 0 Å². The second-order valence-corrected chi connectivity index (χ2v) is 11.5. The van der Waals surface area contributed by atoms with Gasteiger partial charge in [0, 0.05) is 0 Å². The van der Waals surface area contributed by atoms with Gasteiger partial charge in [-0.25, -0.2) is 0 Å². The normalized spacial score (nSPS) is 23.4. The Bertz CT molecular complexity index is 251. The maximum Gasteiger partial charge on any atom is 2.00 e. The minimum atomic E-state index is 0.